The number of benzene rings is 1. The lowest BCUT2D eigenvalue weighted by molar-refractivity contribution is 0.291. The van der Waals surface area contributed by atoms with E-state index in [-0.39, 0.29) is 35.2 Å². The molecule has 0 aliphatic heterocycles. The molecule has 1 fully saturated rings. The molecule has 0 spiro atoms. The van der Waals surface area contributed by atoms with Crippen molar-refractivity contribution in [1.82, 2.24) is 25.2 Å². The number of aliphatic imine (C=N–C) groups is 1. The van der Waals surface area contributed by atoms with Crippen molar-refractivity contribution in [3.63, 3.8) is 0 Å². The summed E-state index contributed by atoms with van der Waals surface area (Å²) < 4.78 is 15.4. The molecular weight excluding hydrogens is 494 g/mol. The Labute approximate surface area is 193 Å². The Balaban J connectivity index is 0.00000256. The van der Waals surface area contributed by atoms with Crippen molar-refractivity contribution < 1.29 is 4.39 Å². The first-order valence-electron chi connectivity index (χ1n) is 10.2. The topological polar surface area (TPSA) is 66.6 Å². The van der Waals surface area contributed by atoms with Gasteiger partial charge >= 0.3 is 0 Å². The van der Waals surface area contributed by atoms with Gasteiger partial charge in [-0.1, -0.05) is 37.5 Å². The quantitative estimate of drug-likeness (QED) is 0.302. The molecule has 2 N–H and O–H groups in total. The molecule has 0 radical (unpaired) electrons. The van der Waals surface area contributed by atoms with Gasteiger partial charge in [-0.05, 0) is 42.7 Å². The average molecular weight is 522 g/mol. The third kappa shape index (κ3) is 4.91. The van der Waals surface area contributed by atoms with E-state index in [1.165, 1.54) is 24.8 Å². The number of hydrogen-bond donors (Lipinski definition) is 2. The highest BCUT2D eigenvalue weighted by atomic mass is 127. The van der Waals surface area contributed by atoms with Gasteiger partial charge < -0.3 is 10.6 Å². The second-order valence-electron chi connectivity index (χ2n) is 7.67. The maximum Gasteiger partial charge on any atom is 0.191 e. The molecule has 2 aromatic heterocycles. The van der Waals surface area contributed by atoms with Crippen LogP contribution < -0.4 is 10.6 Å². The summed E-state index contributed by atoms with van der Waals surface area (Å²) in [6.45, 7) is 1.29. The van der Waals surface area contributed by atoms with E-state index in [2.05, 4.69) is 25.8 Å². The molecule has 1 aliphatic carbocycles. The van der Waals surface area contributed by atoms with Gasteiger partial charge in [-0.15, -0.1) is 34.2 Å². The average Bonchev–Trinajstić information content (AvgIpc) is 3.18. The molecule has 0 atom stereocenters. The zero-order chi connectivity index (χ0) is 20.1. The number of nitrogens with zero attached hydrogens (tertiary/aromatic N) is 4. The van der Waals surface area contributed by atoms with Crippen molar-refractivity contribution >= 4 is 35.6 Å². The molecule has 0 amide bonds. The van der Waals surface area contributed by atoms with Crippen molar-refractivity contribution in [3.8, 4) is 0 Å². The molecule has 3 aromatic rings. The molecule has 0 unspecified atom stereocenters. The van der Waals surface area contributed by atoms with E-state index >= 15 is 0 Å². The summed E-state index contributed by atoms with van der Waals surface area (Å²) in [5.41, 5.74) is 2.03. The van der Waals surface area contributed by atoms with Crippen molar-refractivity contribution in [2.24, 2.45) is 4.99 Å². The van der Waals surface area contributed by atoms with Crippen LogP contribution >= 0.6 is 24.0 Å². The van der Waals surface area contributed by atoms with Crippen LogP contribution in [0.25, 0.3) is 5.65 Å². The largest absolute Gasteiger partial charge is 0.356 e. The number of hydrogen-bond acceptors (Lipinski definition) is 3. The van der Waals surface area contributed by atoms with Crippen molar-refractivity contribution in [3.05, 3.63) is 65.9 Å². The highest BCUT2D eigenvalue weighted by molar-refractivity contribution is 14.0. The molecule has 4 rings (SSSR count). The molecule has 1 aromatic carbocycles. The van der Waals surface area contributed by atoms with E-state index in [0.29, 0.717) is 6.54 Å². The number of halogens is 2. The van der Waals surface area contributed by atoms with Crippen LogP contribution in [-0.2, 0) is 12.0 Å². The third-order valence-electron chi connectivity index (χ3n) is 5.88. The van der Waals surface area contributed by atoms with Gasteiger partial charge in [-0.2, -0.15) is 0 Å². The van der Waals surface area contributed by atoms with Crippen LogP contribution in [0.15, 0.2) is 53.7 Å². The maximum atomic E-state index is 13.4. The van der Waals surface area contributed by atoms with E-state index < -0.39 is 0 Å². The fraction of sp³-hybridized carbons (Fsp3) is 0.409. The zero-order valence-corrected chi connectivity index (χ0v) is 19.5. The number of pyridine rings is 1. The van der Waals surface area contributed by atoms with Gasteiger partial charge in [-0.3, -0.25) is 9.39 Å². The lowest BCUT2D eigenvalue weighted by Crippen LogP contribution is -2.46. The summed E-state index contributed by atoms with van der Waals surface area (Å²) in [5.74, 6) is 1.37. The van der Waals surface area contributed by atoms with Gasteiger partial charge in [0, 0.05) is 25.2 Å². The normalized spacial score (nSPS) is 16.1. The van der Waals surface area contributed by atoms with Crippen molar-refractivity contribution in [2.75, 3.05) is 13.6 Å². The summed E-state index contributed by atoms with van der Waals surface area (Å²) in [4.78, 5) is 4.37. The van der Waals surface area contributed by atoms with E-state index in [4.69, 9.17) is 0 Å². The Bertz CT molecular complexity index is 979. The summed E-state index contributed by atoms with van der Waals surface area (Å²) >= 11 is 0. The molecule has 0 saturated heterocycles. The van der Waals surface area contributed by atoms with E-state index in [9.17, 15) is 4.39 Å². The Morgan fingerprint density at radius 2 is 1.83 bits per heavy atom. The molecule has 2 heterocycles. The van der Waals surface area contributed by atoms with Gasteiger partial charge in [0.25, 0.3) is 0 Å². The van der Waals surface area contributed by atoms with Crippen LogP contribution in [0.4, 0.5) is 4.39 Å². The van der Waals surface area contributed by atoms with Gasteiger partial charge in [0.2, 0.25) is 0 Å². The lowest BCUT2D eigenvalue weighted by Gasteiger charge is -2.38. The smallest absolute Gasteiger partial charge is 0.191 e. The molecular formula is C22H28FIN6. The lowest BCUT2D eigenvalue weighted by atomic mass is 9.69. The summed E-state index contributed by atoms with van der Waals surface area (Å²) in [6, 6.07) is 12.8. The van der Waals surface area contributed by atoms with E-state index in [1.807, 2.05) is 40.9 Å². The fourth-order valence-electron chi connectivity index (χ4n) is 4.25. The molecule has 160 valence electrons. The molecule has 8 heteroatoms. The minimum absolute atomic E-state index is 0. The summed E-state index contributed by atoms with van der Waals surface area (Å²) in [6.07, 6.45) is 7.78. The second kappa shape index (κ2) is 10.2. The second-order valence-corrected chi connectivity index (χ2v) is 7.67. The van der Waals surface area contributed by atoms with Gasteiger partial charge in [0.15, 0.2) is 17.4 Å². The van der Waals surface area contributed by atoms with Gasteiger partial charge in [-0.25, -0.2) is 4.39 Å². The Morgan fingerprint density at radius 1 is 1.07 bits per heavy atom. The van der Waals surface area contributed by atoms with Crippen LogP contribution in [-0.4, -0.2) is 34.2 Å². The van der Waals surface area contributed by atoms with Crippen molar-refractivity contribution in [1.29, 1.82) is 0 Å². The van der Waals surface area contributed by atoms with Crippen LogP contribution in [0.3, 0.4) is 0 Å². The standard InChI is InChI=1S/C22H27FN6.HI/c1-24-21(25-15-20-28-27-19-7-3-6-14-29(19)20)26-16-22(12-4-2-5-13-22)17-8-10-18(23)11-9-17;/h3,6-11,14H,2,4-5,12-13,15-16H2,1H3,(H2,24,25,26);1H. The van der Waals surface area contributed by atoms with E-state index in [0.717, 1.165) is 36.8 Å². The first-order chi connectivity index (χ1) is 14.2. The molecule has 0 bridgehead atoms. The first-order valence-corrected chi connectivity index (χ1v) is 10.2. The van der Waals surface area contributed by atoms with Gasteiger partial charge in [0.1, 0.15) is 5.82 Å². The van der Waals surface area contributed by atoms with Crippen molar-refractivity contribution in [2.45, 2.75) is 44.1 Å². The molecule has 1 saturated carbocycles. The minimum Gasteiger partial charge on any atom is -0.356 e. The SMILES string of the molecule is CN=C(NCc1nnc2ccccn12)NCC1(c2ccc(F)cc2)CCCCC1.I. The minimum atomic E-state index is -0.189. The predicted molar refractivity (Wildman–Crippen MR) is 128 cm³/mol. The molecule has 30 heavy (non-hydrogen) atoms. The third-order valence-corrected chi connectivity index (χ3v) is 5.88. The predicted octanol–water partition coefficient (Wildman–Crippen LogP) is 4.05. The van der Waals surface area contributed by atoms with Crippen LogP contribution in [0, 0.1) is 5.82 Å². The maximum absolute atomic E-state index is 13.4. The number of guanidine groups is 1. The molecule has 6 nitrogen and oxygen atoms in total. The number of fused-ring (bicyclic) bond motifs is 1. The Hall–Kier alpha value is -2.23. The summed E-state index contributed by atoms with van der Waals surface area (Å²) in [5, 5.41) is 15.3. The fourth-order valence-corrected chi connectivity index (χ4v) is 4.25. The number of aromatic nitrogens is 3. The van der Waals surface area contributed by atoms with E-state index in [1.54, 1.807) is 19.2 Å². The van der Waals surface area contributed by atoms with Crippen LogP contribution in [0.2, 0.25) is 0 Å². The summed E-state index contributed by atoms with van der Waals surface area (Å²) in [7, 11) is 1.77. The van der Waals surface area contributed by atoms with Crippen LogP contribution in [0.1, 0.15) is 43.5 Å². The zero-order valence-electron chi connectivity index (χ0n) is 17.1. The Morgan fingerprint density at radius 3 is 2.57 bits per heavy atom. The molecule has 1 aliphatic rings. The highest BCUT2D eigenvalue weighted by Crippen LogP contribution is 2.39. The van der Waals surface area contributed by atoms with Crippen LogP contribution in [0.5, 0.6) is 0 Å². The Kier molecular flexibility index (Phi) is 7.63. The monoisotopic (exact) mass is 522 g/mol. The first kappa shape index (κ1) is 22.5. The van der Waals surface area contributed by atoms with Gasteiger partial charge in [0.05, 0.1) is 6.54 Å². The number of rotatable bonds is 5. The number of nitrogens with one attached hydrogen (secondary N) is 2. The highest BCUT2D eigenvalue weighted by Gasteiger charge is 2.34.